The summed E-state index contributed by atoms with van der Waals surface area (Å²) in [6.45, 7) is 7.02. The zero-order valence-electron chi connectivity index (χ0n) is 11.0. The molecule has 1 rings (SSSR count). The summed E-state index contributed by atoms with van der Waals surface area (Å²) < 4.78 is 0. The zero-order chi connectivity index (χ0) is 12.0. The number of amides is 1. The van der Waals surface area contributed by atoms with Gasteiger partial charge in [0.05, 0.1) is 0 Å². The largest absolute Gasteiger partial charge is 0.359 e. The average Bonchev–Trinajstić information content (AvgIpc) is 2.29. The number of nitrogens with one attached hydrogen (secondary N) is 1. The van der Waals surface area contributed by atoms with Gasteiger partial charge < -0.3 is 10.2 Å². The van der Waals surface area contributed by atoms with Crippen LogP contribution in [0.2, 0.25) is 0 Å². The average molecular weight is 226 g/mol. The molecule has 94 valence electrons. The third-order valence-electron chi connectivity index (χ3n) is 3.67. The standard InChI is InChI=1S/C13H26N2O/c1-11(2)15-9-7-12(8-10-15)5-4-6-13(16)14-3/h11-12H,4-10H2,1-3H3,(H,14,16). The highest BCUT2D eigenvalue weighted by Crippen LogP contribution is 2.23. The molecular weight excluding hydrogens is 200 g/mol. The second-order valence-electron chi connectivity index (χ2n) is 5.14. The fraction of sp³-hybridized carbons (Fsp3) is 0.923. The van der Waals surface area contributed by atoms with Crippen LogP contribution in [0.4, 0.5) is 0 Å². The summed E-state index contributed by atoms with van der Waals surface area (Å²) in [6, 6.07) is 0.687. The maximum absolute atomic E-state index is 11.1. The van der Waals surface area contributed by atoms with Crippen LogP contribution in [0, 0.1) is 5.92 Å². The maximum atomic E-state index is 11.1. The number of hydrogen-bond acceptors (Lipinski definition) is 2. The smallest absolute Gasteiger partial charge is 0.219 e. The molecule has 1 fully saturated rings. The second kappa shape index (κ2) is 6.89. The Morgan fingerprint density at radius 3 is 2.50 bits per heavy atom. The Balaban J connectivity index is 2.10. The van der Waals surface area contributed by atoms with Crippen molar-refractivity contribution in [2.24, 2.45) is 5.92 Å². The monoisotopic (exact) mass is 226 g/mol. The summed E-state index contributed by atoms with van der Waals surface area (Å²) in [5.74, 6) is 1.03. The van der Waals surface area contributed by atoms with Crippen LogP contribution in [-0.4, -0.2) is 37.0 Å². The van der Waals surface area contributed by atoms with E-state index in [1.807, 2.05) is 0 Å². The predicted molar refractivity (Wildman–Crippen MR) is 67.4 cm³/mol. The minimum Gasteiger partial charge on any atom is -0.359 e. The van der Waals surface area contributed by atoms with E-state index in [4.69, 9.17) is 0 Å². The number of nitrogens with zero attached hydrogens (tertiary/aromatic N) is 1. The molecule has 1 aliphatic heterocycles. The van der Waals surface area contributed by atoms with Crippen LogP contribution < -0.4 is 5.32 Å². The Hall–Kier alpha value is -0.570. The number of carbonyl (C=O) groups is 1. The van der Waals surface area contributed by atoms with E-state index in [9.17, 15) is 4.79 Å². The highest BCUT2D eigenvalue weighted by Gasteiger charge is 2.20. The van der Waals surface area contributed by atoms with E-state index in [1.54, 1.807) is 7.05 Å². The first kappa shape index (κ1) is 13.5. The molecule has 0 radical (unpaired) electrons. The number of carbonyl (C=O) groups excluding carboxylic acids is 1. The third-order valence-corrected chi connectivity index (χ3v) is 3.67. The highest BCUT2D eigenvalue weighted by molar-refractivity contribution is 5.75. The summed E-state index contributed by atoms with van der Waals surface area (Å²) >= 11 is 0. The molecule has 0 aliphatic carbocycles. The second-order valence-corrected chi connectivity index (χ2v) is 5.14. The lowest BCUT2D eigenvalue weighted by Gasteiger charge is -2.34. The highest BCUT2D eigenvalue weighted by atomic mass is 16.1. The van der Waals surface area contributed by atoms with E-state index in [2.05, 4.69) is 24.1 Å². The molecule has 0 saturated carbocycles. The molecule has 0 spiro atoms. The van der Waals surface area contributed by atoms with Crippen LogP contribution in [0.15, 0.2) is 0 Å². The lowest BCUT2D eigenvalue weighted by Crippen LogP contribution is -2.38. The van der Waals surface area contributed by atoms with Gasteiger partial charge in [0.25, 0.3) is 0 Å². The van der Waals surface area contributed by atoms with Gasteiger partial charge in [0, 0.05) is 19.5 Å². The van der Waals surface area contributed by atoms with Gasteiger partial charge in [-0.05, 0) is 58.5 Å². The molecule has 0 aromatic carbocycles. The summed E-state index contributed by atoms with van der Waals surface area (Å²) in [4.78, 5) is 13.6. The molecule has 0 aromatic rings. The molecule has 1 heterocycles. The number of likely N-dealkylation sites (tertiary alicyclic amines) is 1. The van der Waals surface area contributed by atoms with Gasteiger partial charge in [-0.15, -0.1) is 0 Å². The molecule has 0 unspecified atom stereocenters. The van der Waals surface area contributed by atoms with Gasteiger partial charge in [-0.1, -0.05) is 0 Å². The van der Waals surface area contributed by atoms with E-state index in [0.29, 0.717) is 12.5 Å². The van der Waals surface area contributed by atoms with Gasteiger partial charge in [-0.25, -0.2) is 0 Å². The SMILES string of the molecule is CNC(=O)CCCC1CCN(C(C)C)CC1. The Morgan fingerprint density at radius 1 is 1.38 bits per heavy atom. The van der Waals surface area contributed by atoms with Gasteiger partial charge in [-0.2, -0.15) is 0 Å². The molecule has 1 amide bonds. The van der Waals surface area contributed by atoms with Crippen LogP contribution >= 0.6 is 0 Å². The van der Waals surface area contributed by atoms with Gasteiger partial charge in [0.2, 0.25) is 5.91 Å². The van der Waals surface area contributed by atoms with Crippen LogP contribution in [0.5, 0.6) is 0 Å². The molecule has 16 heavy (non-hydrogen) atoms. The van der Waals surface area contributed by atoms with Crippen molar-refractivity contribution in [1.29, 1.82) is 0 Å². The van der Waals surface area contributed by atoms with E-state index in [1.165, 1.54) is 32.4 Å². The van der Waals surface area contributed by atoms with Crippen LogP contribution in [0.1, 0.15) is 46.0 Å². The molecule has 0 aromatic heterocycles. The Kier molecular flexibility index (Phi) is 5.81. The topological polar surface area (TPSA) is 32.3 Å². The summed E-state index contributed by atoms with van der Waals surface area (Å²) in [6.07, 6.45) is 5.59. The molecule has 1 N–H and O–H groups in total. The number of hydrogen-bond donors (Lipinski definition) is 1. The van der Waals surface area contributed by atoms with Crippen LogP contribution in [-0.2, 0) is 4.79 Å². The molecule has 3 heteroatoms. The molecule has 1 aliphatic rings. The van der Waals surface area contributed by atoms with Gasteiger partial charge in [0.1, 0.15) is 0 Å². The van der Waals surface area contributed by atoms with Crippen molar-refractivity contribution < 1.29 is 4.79 Å². The fourth-order valence-corrected chi connectivity index (χ4v) is 2.43. The van der Waals surface area contributed by atoms with Gasteiger partial charge >= 0.3 is 0 Å². The normalized spacial score (nSPS) is 19.0. The van der Waals surface area contributed by atoms with Crippen molar-refractivity contribution in [2.45, 2.75) is 52.0 Å². The lowest BCUT2D eigenvalue weighted by molar-refractivity contribution is -0.120. The summed E-state index contributed by atoms with van der Waals surface area (Å²) in [5.41, 5.74) is 0. The van der Waals surface area contributed by atoms with Crippen molar-refractivity contribution in [1.82, 2.24) is 10.2 Å². The minimum absolute atomic E-state index is 0.180. The van der Waals surface area contributed by atoms with Crippen molar-refractivity contribution >= 4 is 5.91 Å². The predicted octanol–water partition coefficient (Wildman–Crippen LogP) is 2.02. The summed E-state index contributed by atoms with van der Waals surface area (Å²) in [7, 11) is 1.71. The Labute approximate surface area is 99.6 Å². The Morgan fingerprint density at radius 2 is 2.00 bits per heavy atom. The number of rotatable bonds is 5. The van der Waals surface area contributed by atoms with E-state index in [-0.39, 0.29) is 5.91 Å². The van der Waals surface area contributed by atoms with Crippen molar-refractivity contribution in [3.63, 3.8) is 0 Å². The van der Waals surface area contributed by atoms with E-state index < -0.39 is 0 Å². The third kappa shape index (κ3) is 4.52. The molecule has 0 atom stereocenters. The first-order valence-corrected chi connectivity index (χ1v) is 6.58. The van der Waals surface area contributed by atoms with Gasteiger partial charge in [0.15, 0.2) is 0 Å². The quantitative estimate of drug-likeness (QED) is 0.778. The van der Waals surface area contributed by atoms with E-state index >= 15 is 0 Å². The molecular formula is C13H26N2O. The van der Waals surface area contributed by atoms with Crippen molar-refractivity contribution in [3.8, 4) is 0 Å². The minimum atomic E-state index is 0.180. The van der Waals surface area contributed by atoms with Crippen molar-refractivity contribution in [3.05, 3.63) is 0 Å². The van der Waals surface area contributed by atoms with E-state index in [0.717, 1.165) is 12.3 Å². The Bertz CT molecular complexity index is 208. The van der Waals surface area contributed by atoms with Gasteiger partial charge in [-0.3, -0.25) is 4.79 Å². The van der Waals surface area contributed by atoms with Crippen molar-refractivity contribution in [2.75, 3.05) is 20.1 Å². The first-order valence-electron chi connectivity index (χ1n) is 6.58. The lowest BCUT2D eigenvalue weighted by atomic mass is 9.91. The summed E-state index contributed by atoms with van der Waals surface area (Å²) in [5, 5.41) is 2.68. The van der Waals surface area contributed by atoms with Crippen LogP contribution in [0.3, 0.4) is 0 Å². The molecule has 1 saturated heterocycles. The first-order chi connectivity index (χ1) is 7.63. The number of piperidine rings is 1. The molecule has 0 bridgehead atoms. The fourth-order valence-electron chi connectivity index (χ4n) is 2.43. The van der Waals surface area contributed by atoms with Crippen LogP contribution in [0.25, 0.3) is 0 Å². The zero-order valence-corrected chi connectivity index (χ0v) is 11.0. The maximum Gasteiger partial charge on any atom is 0.219 e. The molecule has 3 nitrogen and oxygen atoms in total.